The lowest BCUT2D eigenvalue weighted by Gasteiger charge is -2.26. The molecular formula is C15H19NO4. The standard InChI is InChI=1S/C15H19NO4/c17-14(16-8-2-1-3-9-16)11-20-13-6-4-12(5-7-13)10-15(18)19/h4-7H,1-3,8-11H2,(H,18,19). The van der Waals surface area contributed by atoms with Crippen molar-refractivity contribution in [3.63, 3.8) is 0 Å². The summed E-state index contributed by atoms with van der Waals surface area (Å²) in [4.78, 5) is 24.3. The molecule has 108 valence electrons. The molecule has 5 nitrogen and oxygen atoms in total. The van der Waals surface area contributed by atoms with E-state index < -0.39 is 5.97 Å². The Balaban J connectivity index is 1.81. The number of likely N-dealkylation sites (tertiary alicyclic amines) is 1. The van der Waals surface area contributed by atoms with Gasteiger partial charge in [-0.25, -0.2) is 0 Å². The van der Waals surface area contributed by atoms with Crippen molar-refractivity contribution < 1.29 is 19.4 Å². The summed E-state index contributed by atoms with van der Waals surface area (Å²) in [7, 11) is 0. The van der Waals surface area contributed by atoms with E-state index in [-0.39, 0.29) is 18.9 Å². The highest BCUT2D eigenvalue weighted by Gasteiger charge is 2.16. The van der Waals surface area contributed by atoms with Gasteiger partial charge in [-0.15, -0.1) is 0 Å². The maximum atomic E-state index is 11.9. The van der Waals surface area contributed by atoms with Crippen LogP contribution in [-0.4, -0.2) is 41.6 Å². The van der Waals surface area contributed by atoms with E-state index in [2.05, 4.69) is 0 Å². The van der Waals surface area contributed by atoms with Crippen LogP contribution in [0, 0.1) is 0 Å². The monoisotopic (exact) mass is 277 g/mol. The molecule has 1 aromatic carbocycles. The lowest BCUT2D eigenvalue weighted by Crippen LogP contribution is -2.38. The van der Waals surface area contributed by atoms with E-state index in [1.54, 1.807) is 24.3 Å². The van der Waals surface area contributed by atoms with Gasteiger partial charge < -0.3 is 14.7 Å². The van der Waals surface area contributed by atoms with Gasteiger partial charge in [0, 0.05) is 13.1 Å². The Morgan fingerprint density at radius 3 is 2.35 bits per heavy atom. The second-order valence-corrected chi connectivity index (χ2v) is 4.94. The van der Waals surface area contributed by atoms with Crippen molar-refractivity contribution in [3.8, 4) is 5.75 Å². The summed E-state index contributed by atoms with van der Waals surface area (Å²) in [5.41, 5.74) is 0.715. The summed E-state index contributed by atoms with van der Waals surface area (Å²) in [6, 6.07) is 6.80. The molecular weight excluding hydrogens is 258 g/mol. The van der Waals surface area contributed by atoms with Crippen molar-refractivity contribution in [2.24, 2.45) is 0 Å². The Morgan fingerprint density at radius 2 is 1.75 bits per heavy atom. The number of rotatable bonds is 5. The molecule has 20 heavy (non-hydrogen) atoms. The van der Waals surface area contributed by atoms with Crippen molar-refractivity contribution in [2.45, 2.75) is 25.7 Å². The van der Waals surface area contributed by atoms with E-state index in [4.69, 9.17) is 9.84 Å². The summed E-state index contributed by atoms with van der Waals surface area (Å²) < 4.78 is 5.44. The molecule has 0 radical (unpaired) electrons. The molecule has 1 aliphatic heterocycles. The first kappa shape index (κ1) is 14.4. The number of piperidine rings is 1. The van der Waals surface area contributed by atoms with Gasteiger partial charge >= 0.3 is 5.97 Å². The molecule has 1 N–H and O–H groups in total. The van der Waals surface area contributed by atoms with Crippen LogP contribution in [0.3, 0.4) is 0 Å². The summed E-state index contributed by atoms with van der Waals surface area (Å²) in [6.07, 6.45) is 3.31. The largest absolute Gasteiger partial charge is 0.484 e. The first-order valence-electron chi connectivity index (χ1n) is 6.86. The van der Waals surface area contributed by atoms with Crippen molar-refractivity contribution in [1.29, 1.82) is 0 Å². The van der Waals surface area contributed by atoms with Gasteiger partial charge in [0.1, 0.15) is 5.75 Å². The molecule has 5 heteroatoms. The van der Waals surface area contributed by atoms with Crippen LogP contribution in [0.4, 0.5) is 0 Å². The molecule has 0 aliphatic carbocycles. The van der Waals surface area contributed by atoms with E-state index in [9.17, 15) is 9.59 Å². The molecule has 0 aromatic heterocycles. The number of hydrogen-bond acceptors (Lipinski definition) is 3. The van der Waals surface area contributed by atoms with Crippen LogP contribution < -0.4 is 4.74 Å². The zero-order valence-corrected chi connectivity index (χ0v) is 11.4. The smallest absolute Gasteiger partial charge is 0.307 e. The predicted octanol–water partition coefficient (Wildman–Crippen LogP) is 1.71. The van der Waals surface area contributed by atoms with Crippen molar-refractivity contribution in [2.75, 3.05) is 19.7 Å². The highest BCUT2D eigenvalue weighted by atomic mass is 16.5. The van der Waals surface area contributed by atoms with Gasteiger partial charge in [-0.2, -0.15) is 0 Å². The maximum absolute atomic E-state index is 11.9. The van der Waals surface area contributed by atoms with Crippen LogP contribution in [0.5, 0.6) is 5.75 Å². The Bertz CT molecular complexity index is 463. The second kappa shape index (κ2) is 6.93. The van der Waals surface area contributed by atoms with Crippen molar-refractivity contribution in [1.82, 2.24) is 4.90 Å². The predicted molar refractivity (Wildman–Crippen MR) is 73.7 cm³/mol. The molecule has 1 saturated heterocycles. The maximum Gasteiger partial charge on any atom is 0.307 e. The van der Waals surface area contributed by atoms with E-state index >= 15 is 0 Å². The zero-order chi connectivity index (χ0) is 14.4. The fourth-order valence-corrected chi connectivity index (χ4v) is 2.26. The molecule has 0 saturated carbocycles. The van der Waals surface area contributed by atoms with Crippen LogP contribution >= 0.6 is 0 Å². The van der Waals surface area contributed by atoms with Gasteiger partial charge in [0.25, 0.3) is 5.91 Å². The minimum Gasteiger partial charge on any atom is -0.484 e. The van der Waals surface area contributed by atoms with Gasteiger partial charge in [-0.3, -0.25) is 9.59 Å². The minimum atomic E-state index is -0.862. The first-order valence-corrected chi connectivity index (χ1v) is 6.86. The SMILES string of the molecule is O=C(O)Cc1ccc(OCC(=O)N2CCCCC2)cc1. The summed E-state index contributed by atoms with van der Waals surface area (Å²) in [5.74, 6) is -0.261. The Kier molecular flexibility index (Phi) is 4.98. The molecule has 1 heterocycles. The minimum absolute atomic E-state index is 0.00696. The average Bonchev–Trinajstić information content (AvgIpc) is 2.46. The average molecular weight is 277 g/mol. The number of benzene rings is 1. The molecule has 1 aromatic rings. The Hall–Kier alpha value is -2.04. The van der Waals surface area contributed by atoms with E-state index in [0.29, 0.717) is 11.3 Å². The van der Waals surface area contributed by atoms with Crippen LogP contribution in [0.2, 0.25) is 0 Å². The van der Waals surface area contributed by atoms with Crippen molar-refractivity contribution in [3.05, 3.63) is 29.8 Å². The van der Waals surface area contributed by atoms with E-state index in [1.807, 2.05) is 4.90 Å². The Labute approximate surface area is 118 Å². The third-order valence-electron chi connectivity index (χ3n) is 3.35. The number of aliphatic carboxylic acids is 1. The molecule has 0 unspecified atom stereocenters. The van der Waals surface area contributed by atoms with Gasteiger partial charge in [0.05, 0.1) is 6.42 Å². The molecule has 0 bridgehead atoms. The topological polar surface area (TPSA) is 66.8 Å². The van der Waals surface area contributed by atoms with Crippen LogP contribution in [0.25, 0.3) is 0 Å². The molecule has 2 rings (SSSR count). The van der Waals surface area contributed by atoms with E-state index in [0.717, 1.165) is 25.9 Å². The molecule has 0 atom stereocenters. The van der Waals surface area contributed by atoms with Gasteiger partial charge in [-0.05, 0) is 37.0 Å². The summed E-state index contributed by atoms with van der Waals surface area (Å²) in [6.45, 7) is 1.68. The second-order valence-electron chi connectivity index (χ2n) is 4.94. The van der Waals surface area contributed by atoms with Crippen LogP contribution in [0.1, 0.15) is 24.8 Å². The summed E-state index contributed by atoms with van der Waals surface area (Å²) >= 11 is 0. The van der Waals surface area contributed by atoms with Gasteiger partial charge in [0.2, 0.25) is 0 Å². The van der Waals surface area contributed by atoms with Crippen LogP contribution in [-0.2, 0) is 16.0 Å². The van der Waals surface area contributed by atoms with Crippen molar-refractivity contribution >= 4 is 11.9 Å². The number of carboxylic acid groups (broad SMARTS) is 1. The number of carbonyl (C=O) groups excluding carboxylic acids is 1. The molecule has 1 fully saturated rings. The molecule has 1 aliphatic rings. The zero-order valence-electron chi connectivity index (χ0n) is 11.4. The molecule has 0 spiro atoms. The fourth-order valence-electron chi connectivity index (χ4n) is 2.26. The molecule has 1 amide bonds. The Morgan fingerprint density at radius 1 is 1.10 bits per heavy atom. The number of carboxylic acids is 1. The van der Waals surface area contributed by atoms with Gasteiger partial charge in [-0.1, -0.05) is 12.1 Å². The fraction of sp³-hybridized carbons (Fsp3) is 0.467. The quantitative estimate of drug-likeness (QED) is 0.889. The summed E-state index contributed by atoms with van der Waals surface area (Å²) in [5, 5.41) is 8.68. The third-order valence-corrected chi connectivity index (χ3v) is 3.35. The number of amides is 1. The lowest BCUT2D eigenvalue weighted by molar-refractivity contribution is -0.136. The lowest BCUT2D eigenvalue weighted by atomic mass is 10.1. The van der Waals surface area contributed by atoms with E-state index in [1.165, 1.54) is 6.42 Å². The first-order chi connectivity index (χ1) is 9.65. The van der Waals surface area contributed by atoms with Crippen LogP contribution in [0.15, 0.2) is 24.3 Å². The third kappa shape index (κ3) is 4.26. The number of nitrogens with zero attached hydrogens (tertiary/aromatic N) is 1. The highest BCUT2D eigenvalue weighted by molar-refractivity contribution is 5.77. The number of ether oxygens (including phenoxy) is 1. The number of hydrogen-bond donors (Lipinski definition) is 1. The number of carbonyl (C=O) groups is 2. The highest BCUT2D eigenvalue weighted by Crippen LogP contribution is 2.14. The normalized spacial score (nSPS) is 14.9. The van der Waals surface area contributed by atoms with Gasteiger partial charge in [0.15, 0.2) is 6.61 Å².